The van der Waals surface area contributed by atoms with Crippen molar-refractivity contribution in [3.8, 4) is 5.75 Å². The number of hydrogen-bond acceptors (Lipinski definition) is 6. The third kappa shape index (κ3) is 6.54. The normalized spacial score (nSPS) is 17.9. The zero-order chi connectivity index (χ0) is 18.4. The number of nitrogens with zero attached hydrogens (tertiary/aromatic N) is 2. The number of hydrogen-bond donors (Lipinski definition) is 2. The van der Waals surface area contributed by atoms with E-state index in [2.05, 4.69) is 27.8 Å². The quantitative estimate of drug-likeness (QED) is 0.334. The van der Waals surface area contributed by atoms with E-state index in [1.165, 1.54) is 0 Å². The number of benzene rings is 1. The van der Waals surface area contributed by atoms with Crippen LogP contribution in [0.3, 0.4) is 0 Å². The summed E-state index contributed by atoms with van der Waals surface area (Å²) in [5, 5.41) is 7.74. The van der Waals surface area contributed by atoms with E-state index in [-0.39, 0.29) is 11.6 Å². The fraction of sp³-hybridized carbons (Fsp3) is 0.529. The minimum atomic E-state index is -0.463. The monoisotopic (exact) mass is 400 g/mol. The summed E-state index contributed by atoms with van der Waals surface area (Å²) in [6.45, 7) is 12.1. The lowest BCUT2D eigenvalue weighted by atomic mass is 10.0. The molecule has 0 radical (unpaired) electrons. The Balaban J connectivity index is 1.75. The highest BCUT2D eigenvalue weighted by Crippen LogP contribution is 2.47. The van der Waals surface area contributed by atoms with Gasteiger partial charge >= 0.3 is 0 Å². The molecule has 0 aliphatic carbocycles. The Bertz CT molecular complexity index is 591. The summed E-state index contributed by atoms with van der Waals surface area (Å²) in [6.07, 6.45) is 2.28. The highest BCUT2D eigenvalue weighted by atomic mass is 35.5. The molecule has 1 heterocycles. The Morgan fingerprint density at radius 3 is 2.56 bits per heavy atom. The summed E-state index contributed by atoms with van der Waals surface area (Å²) in [7, 11) is -0.463. The van der Waals surface area contributed by atoms with Crippen LogP contribution in [0.4, 0.5) is 0 Å². The van der Waals surface area contributed by atoms with Gasteiger partial charge in [0.1, 0.15) is 11.9 Å². The van der Waals surface area contributed by atoms with E-state index in [4.69, 9.17) is 21.9 Å². The van der Waals surface area contributed by atoms with Gasteiger partial charge in [-0.05, 0) is 69.2 Å². The van der Waals surface area contributed by atoms with E-state index >= 15 is 0 Å². The number of rotatable bonds is 8. The van der Waals surface area contributed by atoms with Gasteiger partial charge < -0.3 is 4.74 Å². The van der Waals surface area contributed by atoms with Crippen molar-refractivity contribution in [2.45, 2.75) is 38.3 Å². The van der Waals surface area contributed by atoms with E-state index < -0.39 is 7.27 Å². The first-order chi connectivity index (χ1) is 11.8. The molecule has 1 saturated heterocycles. The van der Waals surface area contributed by atoms with Gasteiger partial charge in [0, 0.05) is 25.4 Å². The maximum atomic E-state index is 7.14. The lowest BCUT2D eigenvalue weighted by molar-refractivity contribution is 0.139. The molecule has 1 fully saturated rings. The Kier molecular flexibility index (Phi) is 7.71. The molecule has 2 rings (SSSR count). The van der Waals surface area contributed by atoms with Crippen molar-refractivity contribution in [2.75, 3.05) is 19.8 Å². The summed E-state index contributed by atoms with van der Waals surface area (Å²) in [4.78, 5) is 0. The van der Waals surface area contributed by atoms with E-state index in [1.54, 1.807) is 0 Å². The third-order valence-electron chi connectivity index (χ3n) is 4.05. The second-order valence-electron chi connectivity index (χ2n) is 6.57. The SMILES string of the molecule is C=C(N=N)C(C)(C)NP(C)SN1CCC(Oc2ccc(Cl)cc2)CC1. The molecule has 138 valence electrons. The highest BCUT2D eigenvalue weighted by molar-refractivity contribution is 8.53. The summed E-state index contributed by atoms with van der Waals surface area (Å²) in [5.74, 6) is 0.884. The van der Waals surface area contributed by atoms with Crippen LogP contribution < -0.4 is 9.82 Å². The molecule has 1 unspecified atom stereocenters. The number of nitrogens with one attached hydrogen (secondary N) is 2. The lowest BCUT2D eigenvalue weighted by Crippen LogP contribution is -2.38. The number of piperidine rings is 1. The molecule has 1 aromatic rings. The molecule has 0 bridgehead atoms. The molecule has 0 amide bonds. The maximum Gasteiger partial charge on any atom is 0.119 e. The topological polar surface area (TPSA) is 60.7 Å². The maximum absolute atomic E-state index is 7.14. The smallest absolute Gasteiger partial charge is 0.119 e. The molecular formula is C17H26ClN4OPS. The molecule has 1 aromatic carbocycles. The molecule has 0 spiro atoms. The van der Waals surface area contributed by atoms with Crippen LogP contribution >= 0.6 is 30.4 Å². The van der Waals surface area contributed by atoms with Gasteiger partial charge in [-0.25, -0.2) is 9.84 Å². The molecule has 0 saturated carbocycles. The molecule has 0 aromatic heterocycles. The minimum absolute atomic E-state index is 0.257. The standard InChI is InChI=1S/C17H26ClN4OPS/c1-13(20-19)17(2,3)21-24(4)25-22-11-9-16(10-12-22)23-15-7-5-14(18)6-8-15/h5-8,16,19,21H,1,9-12H2,2-4H3. The molecule has 8 heteroatoms. The van der Waals surface area contributed by atoms with Crippen molar-refractivity contribution in [3.63, 3.8) is 0 Å². The van der Waals surface area contributed by atoms with E-state index in [0.29, 0.717) is 5.70 Å². The van der Waals surface area contributed by atoms with Gasteiger partial charge in [-0.3, -0.25) is 5.09 Å². The molecule has 25 heavy (non-hydrogen) atoms. The largest absolute Gasteiger partial charge is 0.490 e. The third-order valence-corrected chi connectivity index (χ3v) is 7.72. The van der Waals surface area contributed by atoms with Crippen molar-refractivity contribution >= 4 is 30.4 Å². The summed E-state index contributed by atoms with van der Waals surface area (Å²) in [6, 6.07) is 7.56. The van der Waals surface area contributed by atoms with Crippen LogP contribution in [0.15, 0.2) is 41.7 Å². The van der Waals surface area contributed by atoms with Crippen LogP contribution in [0.5, 0.6) is 5.75 Å². The Morgan fingerprint density at radius 2 is 2.00 bits per heavy atom. The predicted molar refractivity (Wildman–Crippen MR) is 109 cm³/mol. The van der Waals surface area contributed by atoms with Crippen molar-refractivity contribution in [1.29, 1.82) is 5.53 Å². The van der Waals surface area contributed by atoms with Gasteiger partial charge in [-0.2, -0.15) is 5.11 Å². The second kappa shape index (κ2) is 9.33. The molecule has 5 nitrogen and oxygen atoms in total. The van der Waals surface area contributed by atoms with Crippen LogP contribution in [-0.4, -0.2) is 35.7 Å². The average Bonchev–Trinajstić information content (AvgIpc) is 2.57. The minimum Gasteiger partial charge on any atom is -0.490 e. The molecule has 1 atom stereocenters. The molecule has 1 aliphatic heterocycles. The van der Waals surface area contributed by atoms with Crippen molar-refractivity contribution in [1.82, 2.24) is 9.39 Å². The van der Waals surface area contributed by atoms with Crippen LogP contribution in [-0.2, 0) is 0 Å². The van der Waals surface area contributed by atoms with Crippen LogP contribution in [0.1, 0.15) is 26.7 Å². The Labute approximate surface area is 160 Å². The fourth-order valence-corrected chi connectivity index (χ4v) is 6.67. The summed E-state index contributed by atoms with van der Waals surface area (Å²) < 4.78 is 8.44. The van der Waals surface area contributed by atoms with Crippen molar-refractivity contribution < 1.29 is 4.74 Å². The van der Waals surface area contributed by atoms with Gasteiger partial charge in [-0.15, -0.1) is 0 Å². The van der Waals surface area contributed by atoms with Crippen LogP contribution in [0.25, 0.3) is 0 Å². The first-order valence-electron chi connectivity index (χ1n) is 8.24. The highest BCUT2D eigenvalue weighted by Gasteiger charge is 2.27. The average molecular weight is 401 g/mol. The van der Waals surface area contributed by atoms with E-state index in [9.17, 15) is 0 Å². The zero-order valence-corrected chi connectivity index (χ0v) is 17.4. The van der Waals surface area contributed by atoms with Crippen molar-refractivity contribution in [3.05, 3.63) is 41.6 Å². The van der Waals surface area contributed by atoms with Gasteiger partial charge in [0.15, 0.2) is 0 Å². The molecule has 2 N–H and O–H groups in total. The summed E-state index contributed by atoms with van der Waals surface area (Å²) >= 11 is 7.76. The first kappa shape index (κ1) is 20.7. The molecule has 1 aliphatic rings. The van der Waals surface area contributed by atoms with Gasteiger partial charge in [-0.1, -0.05) is 18.2 Å². The zero-order valence-electron chi connectivity index (χ0n) is 15.0. The van der Waals surface area contributed by atoms with Crippen LogP contribution in [0.2, 0.25) is 5.02 Å². The number of ether oxygens (including phenoxy) is 1. The fourth-order valence-electron chi connectivity index (χ4n) is 2.53. The lowest BCUT2D eigenvalue weighted by Gasteiger charge is -2.35. The van der Waals surface area contributed by atoms with E-state index in [0.717, 1.165) is 36.7 Å². The van der Waals surface area contributed by atoms with Crippen molar-refractivity contribution in [2.24, 2.45) is 5.11 Å². The van der Waals surface area contributed by atoms with Gasteiger partial charge in [0.25, 0.3) is 0 Å². The van der Waals surface area contributed by atoms with Gasteiger partial charge in [0.2, 0.25) is 0 Å². The second-order valence-corrected chi connectivity index (χ2v) is 11.0. The van der Waals surface area contributed by atoms with Crippen LogP contribution in [0, 0.1) is 5.53 Å². The Morgan fingerprint density at radius 1 is 1.40 bits per heavy atom. The number of halogens is 1. The van der Waals surface area contributed by atoms with E-state index in [1.807, 2.05) is 49.7 Å². The molecular weight excluding hydrogens is 375 g/mol. The Hall–Kier alpha value is -0.650. The van der Waals surface area contributed by atoms with Gasteiger partial charge in [0.05, 0.1) is 11.2 Å². The summed E-state index contributed by atoms with van der Waals surface area (Å²) in [5.41, 5.74) is 7.34. The first-order valence-corrected chi connectivity index (χ1v) is 11.8. The predicted octanol–water partition coefficient (Wildman–Crippen LogP) is 5.69.